The van der Waals surface area contributed by atoms with Gasteiger partial charge in [-0.2, -0.15) is 0 Å². The van der Waals surface area contributed by atoms with Crippen molar-refractivity contribution < 1.29 is 19.1 Å². The van der Waals surface area contributed by atoms with E-state index in [2.05, 4.69) is 10.0 Å². The molecule has 0 spiro atoms. The third-order valence-corrected chi connectivity index (χ3v) is 3.98. The summed E-state index contributed by atoms with van der Waals surface area (Å²) in [5.74, 6) is 0.277. The highest BCUT2D eigenvalue weighted by atomic mass is 35.5. The number of ether oxygens (including phenoxy) is 2. The SMILES string of the molecule is CCOC(=O)C(C)(C)CCCCl.CCOC(=O)C(C)(C)CCCN=[N+]=[N-]. The molecule has 8 heteroatoms. The maximum Gasteiger partial charge on any atom is 0.311 e. The maximum absolute atomic E-state index is 11.4. The topological polar surface area (TPSA) is 101 Å². The first-order valence-corrected chi connectivity index (χ1v) is 9.53. The average Bonchev–Trinajstić information content (AvgIpc) is 2.58. The number of rotatable bonds is 11. The Kier molecular flexibility index (Phi) is 15.1. The van der Waals surface area contributed by atoms with Crippen molar-refractivity contribution in [3.63, 3.8) is 0 Å². The lowest BCUT2D eigenvalue weighted by molar-refractivity contribution is -0.154. The molecule has 152 valence electrons. The summed E-state index contributed by atoms with van der Waals surface area (Å²) in [6, 6.07) is 0. The molecule has 0 aliphatic rings. The Labute approximate surface area is 162 Å². The minimum absolute atomic E-state index is 0.130. The van der Waals surface area contributed by atoms with Gasteiger partial charge in [0.25, 0.3) is 0 Å². The van der Waals surface area contributed by atoms with Gasteiger partial charge in [0.1, 0.15) is 0 Å². The Morgan fingerprint density at radius 1 is 0.962 bits per heavy atom. The fourth-order valence-electron chi connectivity index (χ4n) is 2.00. The molecule has 0 bridgehead atoms. The summed E-state index contributed by atoms with van der Waals surface area (Å²) < 4.78 is 9.84. The summed E-state index contributed by atoms with van der Waals surface area (Å²) in [6.45, 7) is 12.3. The number of carbonyl (C=O) groups is 2. The van der Waals surface area contributed by atoms with Crippen LogP contribution < -0.4 is 0 Å². The Morgan fingerprint density at radius 2 is 1.38 bits per heavy atom. The molecule has 0 aliphatic carbocycles. The van der Waals surface area contributed by atoms with E-state index in [1.807, 2.05) is 34.6 Å². The number of alkyl halides is 1. The molecule has 7 nitrogen and oxygen atoms in total. The molecule has 0 saturated heterocycles. The summed E-state index contributed by atoms with van der Waals surface area (Å²) in [6.07, 6.45) is 3.02. The highest BCUT2D eigenvalue weighted by molar-refractivity contribution is 6.17. The Bertz CT molecular complexity index is 461. The van der Waals surface area contributed by atoms with Gasteiger partial charge in [-0.05, 0) is 72.8 Å². The summed E-state index contributed by atoms with van der Waals surface area (Å²) in [7, 11) is 0. The molecule has 26 heavy (non-hydrogen) atoms. The van der Waals surface area contributed by atoms with Crippen molar-refractivity contribution in [1.82, 2.24) is 0 Å². The lowest BCUT2D eigenvalue weighted by atomic mass is 9.88. The number of halogens is 1. The standard InChI is InChI=1S/C9H17ClO2.C9H17N3O2/c1-4-12-8(11)9(2,3)6-5-7-10;1-4-14-8(13)9(2,3)6-5-7-11-12-10/h4-7H2,1-3H3;4-7H2,1-3H3. The van der Waals surface area contributed by atoms with Crippen LogP contribution >= 0.6 is 11.6 Å². The highest BCUT2D eigenvalue weighted by Crippen LogP contribution is 2.24. The molecule has 0 N–H and O–H groups in total. The molecule has 0 radical (unpaired) electrons. The molecule has 0 saturated carbocycles. The predicted octanol–water partition coefficient (Wildman–Crippen LogP) is 5.26. The van der Waals surface area contributed by atoms with Crippen molar-refractivity contribution >= 4 is 23.5 Å². The first-order valence-electron chi connectivity index (χ1n) is 9.00. The normalized spacial score (nSPS) is 10.9. The summed E-state index contributed by atoms with van der Waals surface area (Å²) in [5, 5.41) is 3.41. The molecule has 0 rings (SSSR count). The fourth-order valence-corrected chi connectivity index (χ4v) is 2.14. The summed E-state index contributed by atoms with van der Waals surface area (Å²) in [4.78, 5) is 25.4. The molecule has 0 heterocycles. The zero-order valence-electron chi connectivity index (χ0n) is 17.0. The van der Waals surface area contributed by atoms with Crippen LogP contribution in [-0.2, 0) is 19.1 Å². The van der Waals surface area contributed by atoms with E-state index < -0.39 is 5.41 Å². The molecule has 0 fully saturated rings. The fraction of sp³-hybridized carbons (Fsp3) is 0.889. The van der Waals surface area contributed by atoms with Crippen molar-refractivity contribution in [3.05, 3.63) is 10.4 Å². The number of nitrogens with zero attached hydrogens (tertiary/aromatic N) is 3. The number of carbonyl (C=O) groups excluding carboxylic acids is 2. The van der Waals surface area contributed by atoms with Gasteiger partial charge < -0.3 is 9.47 Å². The molecule has 0 aromatic heterocycles. The molecule has 0 aromatic carbocycles. The van der Waals surface area contributed by atoms with E-state index in [1.54, 1.807) is 6.92 Å². The van der Waals surface area contributed by atoms with Crippen LogP contribution in [0.3, 0.4) is 0 Å². The van der Waals surface area contributed by atoms with Crippen molar-refractivity contribution in [2.45, 2.75) is 67.2 Å². The van der Waals surface area contributed by atoms with Crippen molar-refractivity contribution in [2.24, 2.45) is 15.9 Å². The number of azide groups is 1. The second-order valence-electron chi connectivity index (χ2n) is 7.06. The van der Waals surface area contributed by atoms with Crippen LogP contribution in [0.5, 0.6) is 0 Å². The molecule has 0 amide bonds. The maximum atomic E-state index is 11.4. The van der Waals surface area contributed by atoms with Crippen LogP contribution in [0.15, 0.2) is 5.11 Å². The van der Waals surface area contributed by atoms with Crippen LogP contribution in [0.4, 0.5) is 0 Å². The van der Waals surface area contributed by atoms with E-state index >= 15 is 0 Å². The molecule has 0 aromatic rings. The molecular weight excluding hydrogens is 358 g/mol. The van der Waals surface area contributed by atoms with Crippen molar-refractivity contribution in [2.75, 3.05) is 25.6 Å². The van der Waals surface area contributed by atoms with Gasteiger partial charge in [-0.1, -0.05) is 5.11 Å². The predicted molar refractivity (Wildman–Crippen MR) is 104 cm³/mol. The number of hydrogen-bond acceptors (Lipinski definition) is 5. The second-order valence-corrected chi connectivity index (χ2v) is 7.44. The van der Waals surface area contributed by atoms with Gasteiger partial charge in [0.15, 0.2) is 0 Å². The van der Waals surface area contributed by atoms with Crippen LogP contribution in [0.1, 0.15) is 67.2 Å². The van der Waals surface area contributed by atoms with Crippen LogP contribution in [0, 0.1) is 10.8 Å². The van der Waals surface area contributed by atoms with Crippen molar-refractivity contribution in [3.8, 4) is 0 Å². The average molecular weight is 392 g/mol. The third kappa shape index (κ3) is 12.8. The van der Waals surface area contributed by atoms with E-state index in [-0.39, 0.29) is 17.4 Å². The summed E-state index contributed by atoms with van der Waals surface area (Å²) >= 11 is 5.54. The number of esters is 2. The lowest BCUT2D eigenvalue weighted by Gasteiger charge is -2.21. The van der Waals surface area contributed by atoms with E-state index in [9.17, 15) is 9.59 Å². The quantitative estimate of drug-likeness (QED) is 0.120. The number of hydrogen-bond donors (Lipinski definition) is 0. The van der Waals surface area contributed by atoms with Gasteiger partial charge in [0, 0.05) is 17.3 Å². The van der Waals surface area contributed by atoms with E-state index in [0.29, 0.717) is 38.5 Å². The smallest absolute Gasteiger partial charge is 0.311 e. The van der Waals surface area contributed by atoms with Gasteiger partial charge >= 0.3 is 11.9 Å². The lowest BCUT2D eigenvalue weighted by Crippen LogP contribution is -2.26. The largest absolute Gasteiger partial charge is 0.466 e. The zero-order valence-corrected chi connectivity index (χ0v) is 17.8. The van der Waals surface area contributed by atoms with E-state index in [1.165, 1.54) is 0 Å². The van der Waals surface area contributed by atoms with E-state index in [0.717, 1.165) is 12.8 Å². The van der Waals surface area contributed by atoms with Crippen LogP contribution in [0.2, 0.25) is 0 Å². The van der Waals surface area contributed by atoms with Crippen LogP contribution in [0.25, 0.3) is 10.4 Å². The van der Waals surface area contributed by atoms with Gasteiger partial charge in [-0.3, -0.25) is 9.59 Å². The first-order chi connectivity index (χ1) is 12.1. The third-order valence-electron chi connectivity index (χ3n) is 3.71. The summed E-state index contributed by atoms with van der Waals surface area (Å²) in [5.41, 5.74) is 7.19. The first kappa shape index (κ1) is 26.8. The minimum atomic E-state index is -0.485. The van der Waals surface area contributed by atoms with Gasteiger partial charge in [0.2, 0.25) is 0 Å². The van der Waals surface area contributed by atoms with Gasteiger partial charge in [-0.15, -0.1) is 11.6 Å². The second kappa shape index (κ2) is 14.7. The monoisotopic (exact) mass is 391 g/mol. The Balaban J connectivity index is 0. The van der Waals surface area contributed by atoms with Gasteiger partial charge in [0.05, 0.1) is 24.0 Å². The van der Waals surface area contributed by atoms with Crippen LogP contribution in [-0.4, -0.2) is 37.6 Å². The minimum Gasteiger partial charge on any atom is -0.466 e. The van der Waals surface area contributed by atoms with Gasteiger partial charge in [-0.25, -0.2) is 0 Å². The van der Waals surface area contributed by atoms with E-state index in [4.69, 9.17) is 26.6 Å². The Hall–Kier alpha value is -1.46. The Morgan fingerprint density at radius 3 is 1.73 bits per heavy atom. The van der Waals surface area contributed by atoms with Crippen molar-refractivity contribution in [1.29, 1.82) is 0 Å². The zero-order chi connectivity index (χ0) is 20.6. The molecule has 0 aliphatic heterocycles. The molecule has 0 atom stereocenters. The molecule has 0 unspecified atom stereocenters. The molecular formula is C18H34ClN3O4. The highest BCUT2D eigenvalue weighted by Gasteiger charge is 2.28.